The smallest absolute Gasteiger partial charge is 0.262 e. The zero-order valence-electron chi connectivity index (χ0n) is 18.1. The molecule has 1 aromatic heterocycles. The monoisotopic (exact) mass is 544 g/mol. The van der Waals surface area contributed by atoms with Gasteiger partial charge in [-0.25, -0.2) is 0 Å². The number of aromatic hydroxyl groups is 1. The number of ether oxygens (including phenoxy) is 1. The van der Waals surface area contributed by atoms with Gasteiger partial charge in [0.15, 0.2) is 4.77 Å². The van der Waals surface area contributed by atoms with E-state index in [9.17, 15) is 9.90 Å². The third-order valence-corrected chi connectivity index (χ3v) is 6.05. The van der Waals surface area contributed by atoms with E-state index in [0.29, 0.717) is 28.5 Å². The van der Waals surface area contributed by atoms with E-state index in [0.717, 1.165) is 10.0 Å². The average molecular weight is 545 g/mol. The first-order chi connectivity index (χ1) is 17.0. The number of aromatic amines is 1. The summed E-state index contributed by atoms with van der Waals surface area (Å²) < 4.78 is 8.21. The molecule has 0 aliphatic carbocycles. The van der Waals surface area contributed by atoms with Crippen molar-refractivity contribution < 1.29 is 9.84 Å². The molecule has 1 aliphatic heterocycles. The second-order valence-electron chi connectivity index (χ2n) is 7.54. The zero-order valence-corrected chi connectivity index (χ0v) is 20.5. The third kappa shape index (κ3) is 4.77. The molecule has 1 aliphatic rings. The number of para-hydroxylation sites is 1. The van der Waals surface area contributed by atoms with Crippen LogP contribution in [0.1, 0.15) is 11.1 Å². The van der Waals surface area contributed by atoms with E-state index in [1.54, 1.807) is 30.3 Å². The number of rotatable bonds is 5. The lowest BCUT2D eigenvalue weighted by Crippen LogP contribution is -2.16. The maximum absolute atomic E-state index is 12.7. The van der Waals surface area contributed by atoms with Gasteiger partial charge in [0.2, 0.25) is 5.88 Å². The number of hydrogen-bond donors (Lipinski definition) is 2. The Morgan fingerprint density at radius 3 is 2.37 bits per heavy atom. The topological polar surface area (TPSA) is 92.0 Å². The highest BCUT2D eigenvalue weighted by molar-refractivity contribution is 9.10. The minimum absolute atomic E-state index is 0.0383. The molecule has 3 aromatic carbocycles. The summed E-state index contributed by atoms with van der Waals surface area (Å²) in [5.74, 6) is 1.04. The fourth-order valence-corrected chi connectivity index (χ4v) is 4.11. The molecular weight excluding hydrogens is 528 g/mol. The van der Waals surface area contributed by atoms with Crippen LogP contribution in [0.4, 0.5) is 0 Å². The highest BCUT2D eigenvalue weighted by atomic mass is 79.9. The van der Waals surface area contributed by atoms with Gasteiger partial charge in [-0.3, -0.25) is 14.3 Å². The maximum atomic E-state index is 12.7. The highest BCUT2D eigenvalue weighted by Gasteiger charge is 2.18. The van der Waals surface area contributed by atoms with Crippen LogP contribution in [0.2, 0.25) is 0 Å². The first kappa shape index (κ1) is 22.7. The van der Waals surface area contributed by atoms with Crippen LogP contribution >= 0.6 is 28.1 Å². The van der Waals surface area contributed by atoms with Gasteiger partial charge in [-0.2, -0.15) is 5.10 Å². The van der Waals surface area contributed by atoms with Crippen LogP contribution < -0.4 is 10.3 Å². The van der Waals surface area contributed by atoms with Crippen molar-refractivity contribution in [1.29, 1.82) is 0 Å². The van der Waals surface area contributed by atoms with E-state index in [2.05, 4.69) is 31.1 Å². The summed E-state index contributed by atoms with van der Waals surface area (Å²) in [7, 11) is 0. The summed E-state index contributed by atoms with van der Waals surface area (Å²) in [6.45, 7) is 0. The van der Waals surface area contributed by atoms with Crippen LogP contribution in [0.3, 0.4) is 0 Å². The van der Waals surface area contributed by atoms with Crippen LogP contribution in [0.25, 0.3) is 11.8 Å². The summed E-state index contributed by atoms with van der Waals surface area (Å²) in [5.41, 5.74) is 2.09. The molecule has 0 spiro atoms. The zero-order chi connectivity index (χ0) is 24.4. The van der Waals surface area contributed by atoms with Gasteiger partial charge in [0.05, 0.1) is 11.9 Å². The van der Waals surface area contributed by atoms with E-state index in [-0.39, 0.29) is 16.2 Å². The Hall–Kier alpha value is -4.08. The van der Waals surface area contributed by atoms with Crippen LogP contribution in [0, 0.1) is 4.77 Å². The molecule has 0 saturated heterocycles. The quantitative estimate of drug-likeness (QED) is 0.300. The second kappa shape index (κ2) is 9.65. The maximum Gasteiger partial charge on any atom is 0.262 e. The van der Waals surface area contributed by atoms with E-state index >= 15 is 0 Å². The summed E-state index contributed by atoms with van der Waals surface area (Å²) in [4.78, 5) is 15.4. The van der Waals surface area contributed by atoms with Gasteiger partial charge in [-0.15, -0.1) is 5.10 Å². The van der Waals surface area contributed by atoms with Gasteiger partial charge in [-0.05, 0) is 66.8 Å². The first-order valence-corrected chi connectivity index (χ1v) is 11.7. The molecule has 9 heteroatoms. The van der Waals surface area contributed by atoms with E-state index in [1.165, 1.54) is 10.8 Å². The Bertz CT molecular complexity index is 1600. The van der Waals surface area contributed by atoms with Crippen LogP contribution in [0.5, 0.6) is 17.4 Å². The van der Waals surface area contributed by atoms with Crippen LogP contribution in [-0.4, -0.2) is 26.6 Å². The number of hydrogen-bond acceptors (Lipinski definition) is 6. The molecule has 4 aromatic rings. The predicted molar refractivity (Wildman–Crippen MR) is 143 cm³/mol. The number of halogens is 1. The first-order valence-electron chi connectivity index (χ1n) is 10.5. The molecule has 7 nitrogen and oxygen atoms in total. The Labute approximate surface area is 213 Å². The molecule has 35 heavy (non-hydrogen) atoms. The molecule has 0 saturated carbocycles. The Balaban J connectivity index is 1.51. The van der Waals surface area contributed by atoms with Crippen molar-refractivity contribution in [2.24, 2.45) is 10.2 Å². The SMILES string of the molecule is O=c1[nH]c(=S)n(-c2ccc(Oc3ccccc3)cc2)c(O)c1C=C1C=NN=C1c1ccc(Br)cc1. The van der Waals surface area contributed by atoms with E-state index < -0.39 is 5.56 Å². The van der Waals surface area contributed by atoms with Crippen LogP contribution in [-0.2, 0) is 0 Å². The molecular formula is C26H17BrN4O3S. The van der Waals surface area contributed by atoms with Crippen molar-refractivity contribution in [3.05, 3.63) is 115 Å². The summed E-state index contributed by atoms with van der Waals surface area (Å²) in [6.07, 6.45) is 3.08. The number of benzene rings is 3. The standard InChI is InChI=1S/C26H17BrN4O3S/c27-18-8-6-16(7-9-18)23-17(15-28-30-23)14-22-24(32)29-26(35)31(25(22)33)19-10-12-21(13-11-19)34-20-4-2-1-3-5-20/h1-15,33H,(H,29,32,35). The van der Waals surface area contributed by atoms with Gasteiger partial charge in [-0.1, -0.05) is 46.3 Å². The average Bonchev–Trinajstić information content (AvgIpc) is 3.32. The Morgan fingerprint density at radius 1 is 0.971 bits per heavy atom. The molecule has 0 radical (unpaired) electrons. The fourth-order valence-electron chi connectivity index (χ4n) is 3.56. The molecule has 0 fully saturated rings. The van der Waals surface area contributed by atoms with Crippen molar-refractivity contribution in [3.8, 4) is 23.1 Å². The molecule has 172 valence electrons. The number of aromatic nitrogens is 2. The minimum atomic E-state index is -0.518. The third-order valence-electron chi connectivity index (χ3n) is 5.24. The fraction of sp³-hybridized carbons (Fsp3) is 0. The number of H-pyrrole nitrogens is 1. The van der Waals surface area contributed by atoms with Gasteiger partial charge in [0, 0.05) is 15.6 Å². The number of nitrogens with one attached hydrogen (secondary N) is 1. The van der Waals surface area contributed by atoms with Gasteiger partial charge in [0.1, 0.15) is 22.8 Å². The van der Waals surface area contributed by atoms with Crippen LogP contribution in [0.15, 0.2) is 104 Å². The summed E-state index contributed by atoms with van der Waals surface area (Å²) in [6, 6.07) is 24.0. The van der Waals surface area contributed by atoms with Crippen molar-refractivity contribution in [1.82, 2.24) is 9.55 Å². The Morgan fingerprint density at radius 2 is 1.66 bits per heavy atom. The van der Waals surface area contributed by atoms with E-state index in [4.69, 9.17) is 17.0 Å². The predicted octanol–water partition coefficient (Wildman–Crippen LogP) is 6.03. The molecule has 2 N–H and O–H groups in total. The lowest BCUT2D eigenvalue weighted by atomic mass is 10.0. The van der Waals surface area contributed by atoms with Gasteiger partial charge in [0.25, 0.3) is 5.56 Å². The summed E-state index contributed by atoms with van der Waals surface area (Å²) in [5, 5.41) is 19.2. The van der Waals surface area contributed by atoms with Gasteiger partial charge >= 0.3 is 0 Å². The molecule has 2 heterocycles. The molecule has 0 atom stereocenters. The van der Waals surface area contributed by atoms with Crippen molar-refractivity contribution in [2.45, 2.75) is 0 Å². The van der Waals surface area contributed by atoms with Gasteiger partial charge < -0.3 is 9.84 Å². The number of allylic oxidation sites excluding steroid dienone is 1. The second-order valence-corrected chi connectivity index (χ2v) is 8.84. The largest absolute Gasteiger partial charge is 0.494 e. The normalized spacial score (nSPS) is 13.7. The molecule has 0 unspecified atom stereocenters. The molecule has 0 bridgehead atoms. The Kier molecular flexibility index (Phi) is 6.26. The lowest BCUT2D eigenvalue weighted by Gasteiger charge is -2.13. The summed E-state index contributed by atoms with van der Waals surface area (Å²) >= 11 is 8.76. The lowest BCUT2D eigenvalue weighted by molar-refractivity contribution is 0.431. The van der Waals surface area contributed by atoms with E-state index in [1.807, 2.05) is 54.6 Å². The minimum Gasteiger partial charge on any atom is -0.494 e. The van der Waals surface area contributed by atoms with Crippen molar-refractivity contribution in [3.63, 3.8) is 0 Å². The van der Waals surface area contributed by atoms with Crippen molar-refractivity contribution >= 4 is 46.2 Å². The number of nitrogens with zero attached hydrogens (tertiary/aromatic N) is 3. The molecule has 5 rings (SSSR count). The van der Waals surface area contributed by atoms with Crippen molar-refractivity contribution in [2.75, 3.05) is 0 Å². The molecule has 0 amide bonds. The highest BCUT2D eigenvalue weighted by Crippen LogP contribution is 2.27.